The van der Waals surface area contributed by atoms with Gasteiger partial charge in [0.2, 0.25) is 0 Å². The van der Waals surface area contributed by atoms with Crippen LogP contribution in [0.25, 0.3) is 0 Å². The lowest BCUT2D eigenvalue weighted by Gasteiger charge is -2.24. The summed E-state index contributed by atoms with van der Waals surface area (Å²) in [5.41, 5.74) is 0.469. The van der Waals surface area contributed by atoms with Gasteiger partial charge in [0, 0.05) is 25.8 Å². The van der Waals surface area contributed by atoms with Gasteiger partial charge in [0.15, 0.2) is 0 Å². The maximum absolute atomic E-state index is 12.3. The molecular weight excluding hydrogens is 240 g/mol. The summed E-state index contributed by atoms with van der Waals surface area (Å²) < 4.78 is 24.4. The first-order valence-electron chi connectivity index (χ1n) is 5.94. The van der Waals surface area contributed by atoms with Crippen molar-refractivity contribution in [2.45, 2.75) is 19.4 Å². The van der Waals surface area contributed by atoms with E-state index < -0.39 is 11.6 Å². The highest BCUT2D eigenvalue weighted by Crippen LogP contribution is 2.08. The number of hydrogen-bond donors (Lipinski definition) is 3. The van der Waals surface area contributed by atoms with E-state index in [0.717, 1.165) is 19.0 Å². The molecule has 1 aliphatic rings. The van der Waals surface area contributed by atoms with Crippen molar-refractivity contribution in [1.82, 2.24) is 5.32 Å². The predicted octanol–water partition coefficient (Wildman–Crippen LogP) is 1.22. The average molecular weight is 259 g/mol. The Morgan fingerprint density at radius 1 is 1.33 bits per heavy atom. The van der Waals surface area contributed by atoms with Crippen molar-refractivity contribution < 1.29 is 19.0 Å². The van der Waals surface area contributed by atoms with Gasteiger partial charge in [-0.1, -0.05) is 6.07 Å². The number of piperidine rings is 1. The van der Waals surface area contributed by atoms with Gasteiger partial charge in [0.25, 0.3) is 0 Å². The minimum Gasteiger partial charge on any atom is -0.396 e. The average Bonchev–Trinajstić information content (AvgIpc) is 2.35. The van der Waals surface area contributed by atoms with Crippen LogP contribution < -0.4 is 5.32 Å². The van der Waals surface area contributed by atoms with Gasteiger partial charge >= 0.3 is 0 Å². The lowest BCUT2D eigenvalue weighted by atomic mass is 9.99. The Balaban J connectivity index is 0.000000180. The van der Waals surface area contributed by atoms with Gasteiger partial charge in [-0.25, -0.2) is 8.78 Å². The molecule has 2 rings (SSSR count). The van der Waals surface area contributed by atoms with Crippen LogP contribution in [-0.2, 0) is 0 Å². The number of aryl methyl sites for hydroxylation is 1. The van der Waals surface area contributed by atoms with Crippen LogP contribution in [0.5, 0.6) is 0 Å². The number of rotatable bonds is 1. The first-order valence-corrected chi connectivity index (χ1v) is 5.94. The summed E-state index contributed by atoms with van der Waals surface area (Å²) >= 11 is 0. The van der Waals surface area contributed by atoms with Gasteiger partial charge in [-0.05, 0) is 30.9 Å². The zero-order valence-electron chi connectivity index (χ0n) is 10.4. The molecule has 0 amide bonds. The van der Waals surface area contributed by atoms with E-state index in [0.29, 0.717) is 12.1 Å². The van der Waals surface area contributed by atoms with Gasteiger partial charge in [-0.3, -0.25) is 0 Å². The number of aliphatic hydroxyl groups excluding tert-OH is 2. The van der Waals surface area contributed by atoms with E-state index >= 15 is 0 Å². The van der Waals surface area contributed by atoms with Gasteiger partial charge < -0.3 is 15.5 Å². The number of β-amino-alcohol motifs (C(OH)–C–C–N with tert-alkyl or cyclic N) is 1. The van der Waals surface area contributed by atoms with Crippen molar-refractivity contribution in [1.29, 1.82) is 0 Å². The maximum Gasteiger partial charge on any atom is 0.129 e. The molecule has 2 unspecified atom stereocenters. The monoisotopic (exact) mass is 259 g/mol. The lowest BCUT2D eigenvalue weighted by Crippen LogP contribution is -2.40. The third-order valence-electron chi connectivity index (χ3n) is 2.81. The third kappa shape index (κ3) is 5.08. The molecule has 0 aromatic heterocycles. The molecule has 102 valence electrons. The number of halogens is 2. The number of aliphatic hydroxyl groups is 2. The van der Waals surface area contributed by atoms with Gasteiger partial charge in [0.1, 0.15) is 11.6 Å². The molecule has 3 nitrogen and oxygen atoms in total. The largest absolute Gasteiger partial charge is 0.396 e. The molecule has 3 N–H and O–H groups in total. The van der Waals surface area contributed by atoms with Crippen LogP contribution in [-0.4, -0.2) is 36.0 Å². The summed E-state index contributed by atoms with van der Waals surface area (Å²) in [6, 6.07) is 3.51. The first kappa shape index (κ1) is 15.0. The van der Waals surface area contributed by atoms with E-state index in [9.17, 15) is 8.78 Å². The minimum atomic E-state index is -0.530. The Labute approximate surface area is 105 Å². The molecule has 1 aromatic carbocycles. The summed E-state index contributed by atoms with van der Waals surface area (Å²) in [6.45, 7) is 3.29. The quantitative estimate of drug-likeness (QED) is 0.711. The van der Waals surface area contributed by atoms with Crippen molar-refractivity contribution >= 4 is 0 Å². The van der Waals surface area contributed by atoms with E-state index in [4.69, 9.17) is 10.2 Å². The summed E-state index contributed by atoms with van der Waals surface area (Å²) in [7, 11) is 0. The Hall–Kier alpha value is -1.04. The molecule has 1 saturated heterocycles. The zero-order valence-corrected chi connectivity index (χ0v) is 10.4. The van der Waals surface area contributed by atoms with Crippen LogP contribution >= 0.6 is 0 Å². The fourth-order valence-corrected chi connectivity index (χ4v) is 1.71. The van der Waals surface area contributed by atoms with E-state index in [2.05, 4.69) is 5.32 Å². The standard InChI is InChI=1S/C7H6F2.C6H13NO2/c1-5-2-3-6(8)4-7(5)9;8-4-5-1-6(9)3-7-2-5/h2-4H,1H3;5-9H,1-4H2. The lowest BCUT2D eigenvalue weighted by molar-refractivity contribution is 0.0879. The van der Waals surface area contributed by atoms with Gasteiger partial charge in [-0.15, -0.1) is 0 Å². The summed E-state index contributed by atoms with van der Waals surface area (Å²) in [6.07, 6.45) is 0.486. The Morgan fingerprint density at radius 2 is 2.06 bits per heavy atom. The Morgan fingerprint density at radius 3 is 2.50 bits per heavy atom. The summed E-state index contributed by atoms with van der Waals surface area (Å²) in [4.78, 5) is 0. The molecule has 1 heterocycles. The second kappa shape index (κ2) is 7.41. The SMILES string of the molecule is Cc1ccc(F)cc1F.OCC1CNCC(O)C1. The van der Waals surface area contributed by atoms with Crippen molar-refractivity contribution in [2.75, 3.05) is 19.7 Å². The van der Waals surface area contributed by atoms with Crippen molar-refractivity contribution in [3.63, 3.8) is 0 Å². The molecule has 1 fully saturated rings. The topological polar surface area (TPSA) is 52.5 Å². The fraction of sp³-hybridized carbons (Fsp3) is 0.538. The number of benzene rings is 1. The molecule has 1 aliphatic heterocycles. The molecule has 0 bridgehead atoms. The van der Waals surface area contributed by atoms with Gasteiger partial charge in [-0.2, -0.15) is 0 Å². The van der Waals surface area contributed by atoms with Crippen LogP contribution in [0.3, 0.4) is 0 Å². The van der Waals surface area contributed by atoms with E-state index in [-0.39, 0.29) is 18.6 Å². The molecule has 0 spiro atoms. The van der Waals surface area contributed by atoms with Crippen molar-refractivity contribution in [3.05, 3.63) is 35.4 Å². The normalized spacial score (nSPS) is 23.2. The zero-order chi connectivity index (χ0) is 13.5. The maximum atomic E-state index is 12.3. The van der Waals surface area contributed by atoms with Crippen molar-refractivity contribution in [3.8, 4) is 0 Å². The first-order chi connectivity index (χ1) is 8.52. The third-order valence-corrected chi connectivity index (χ3v) is 2.81. The molecule has 0 radical (unpaired) electrons. The number of nitrogens with one attached hydrogen (secondary N) is 1. The predicted molar refractivity (Wildman–Crippen MR) is 65.2 cm³/mol. The van der Waals surface area contributed by atoms with Crippen LogP contribution in [0.2, 0.25) is 0 Å². The molecule has 2 atom stereocenters. The smallest absolute Gasteiger partial charge is 0.129 e. The fourth-order valence-electron chi connectivity index (χ4n) is 1.71. The highest BCUT2D eigenvalue weighted by atomic mass is 19.1. The van der Waals surface area contributed by atoms with E-state index in [1.165, 1.54) is 12.1 Å². The van der Waals surface area contributed by atoms with Crippen LogP contribution in [0.1, 0.15) is 12.0 Å². The van der Waals surface area contributed by atoms with Crippen LogP contribution in [0.15, 0.2) is 18.2 Å². The molecular formula is C13H19F2NO2. The Bertz CT molecular complexity index is 374. The number of hydrogen-bond acceptors (Lipinski definition) is 3. The van der Waals surface area contributed by atoms with E-state index in [1.54, 1.807) is 6.92 Å². The summed E-state index contributed by atoms with van der Waals surface area (Å²) in [5, 5.41) is 20.7. The van der Waals surface area contributed by atoms with Crippen molar-refractivity contribution in [2.24, 2.45) is 5.92 Å². The Kier molecular flexibility index (Phi) is 6.18. The molecule has 1 aromatic rings. The van der Waals surface area contributed by atoms with Crippen LogP contribution in [0, 0.1) is 24.5 Å². The van der Waals surface area contributed by atoms with E-state index in [1.807, 2.05) is 0 Å². The molecule has 0 saturated carbocycles. The minimum absolute atomic E-state index is 0.185. The second-order valence-corrected chi connectivity index (χ2v) is 4.49. The summed E-state index contributed by atoms with van der Waals surface area (Å²) in [5.74, 6) is -0.762. The van der Waals surface area contributed by atoms with Crippen LogP contribution in [0.4, 0.5) is 8.78 Å². The molecule has 0 aliphatic carbocycles. The highest BCUT2D eigenvalue weighted by Gasteiger charge is 2.18. The van der Waals surface area contributed by atoms with Gasteiger partial charge in [0.05, 0.1) is 6.10 Å². The second-order valence-electron chi connectivity index (χ2n) is 4.49. The molecule has 18 heavy (non-hydrogen) atoms. The molecule has 5 heteroatoms. The highest BCUT2D eigenvalue weighted by molar-refractivity contribution is 5.16.